The first-order valence-corrected chi connectivity index (χ1v) is 9.38. The zero-order valence-electron chi connectivity index (χ0n) is 16.3. The molecule has 0 aliphatic rings. The molecule has 0 unspecified atom stereocenters. The van der Waals surface area contributed by atoms with Crippen molar-refractivity contribution in [2.75, 3.05) is 0 Å². The molecule has 4 rings (SSSR count). The molecule has 2 heterocycles. The van der Waals surface area contributed by atoms with Gasteiger partial charge < -0.3 is 14.7 Å². The molecule has 0 saturated heterocycles. The lowest BCUT2D eigenvalue weighted by Gasteiger charge is -2.04. The summed E-state index contributed by atoms with van der Waals surface area (Å²) < 4.78 is 5.70. The van der Waals surface area contributed by atoms with E-state index in [9.17, 15) is 9.59 Å². The highest BCUT2D eigenvalue weighted by atomic mass is 16.5. The van der Waals surface area contributed by atoms with E-state index >= 15 is 0 Å². The molecule has 2 N–H and O–H groups in total. The number of hydrogen-bond donors (Lipinski definition) is 2. The molecule has 6 heteroatoms. The van der Waals surface area contributed by atoms with Crippen LogP contribution < -0.4 is 26.6 Å². The molecule has 148 valence electrons. The van der Waals surface area contributed by atoms with Crippen LogP contribution in [0.25, 0.3) is 12.2 Å². The zero-order valence-corrected chi connectivity index (χ0v) is 16.3. The Morgan fingerprint density at radius 1 is 0.767 bits per heavy atom. The predicted octanol–water partition coefficient (Wildman–Crippen LogP) is 2.22. The van der Waals surface area contributed by atoms with Crippen LogP contribution in [0.2, 0.25) is 0 Å². The Morgan fingerprint density at radius 2 is 1.43 bits per heavy atom. The van der Waals surface area contributed by atoms with Gasteiger partial charge in [0.05, 0.1) is 11.9 Å². The Balaban J connectivity index is 1.62. The lowest BCUT2D eigenvalue weighted by Crippen LogP contribution is -2.46. The smallest absolute Gasteiger partial charge is 0.272 e. The Hall–Kier alpha value is -4.19. The maximum atomic E-state index is 12.4. The molecule has 2 aromatic carbocycles. The first kappa shape index (κ1) is 19.1. The highest BCUT2D eigenvalue weighted by molar-refractivity contribution is 5.49. The van der Waals surface area contributed by atoms with Crippen molar-refractivity contribution in [1.82, 2.24) is 15.0 Å². The van der Waals surface area contributed by atoms with E-state index in [0.717, 1.165) is 11.1 Å². The van der Waals surface area contributed by atoms with Gasteiger partial charge in [-0.15, -0.1) is 0 Å². The standard InChI is InChI=1S/C24H19N3O3/c1-16-7-9-17(10-8-16)13-21-23(28)27-22(24(29)26-21)14-18-11-12-20(15-25-18)30-19-5-3-2-4-6-19/h2-15H,1H3,(H,26,29)(H,27,28)/b21-13+,22-14+. The quantitative estimate of drug-likeness (QED) is 0.553. The van der Waals surface area contributed by atoms with E-state index in [4.69, 9.17) is 4.74 Å². The number of aromatic nitrogens is 3. The van der Waals surface area contributed by atoms with Crippen LogP contribution in [0.5, 0.6) is 11.5 Å². The predicted molar refractivity (Wildman–Crippen MR) is 116 cm³/mol. The van der Waals surface area contributed by atoms with Crippen LogP contribution in [0.1, 0.15) is 16.8 Å². The minimum Gasteiger partial charge on any atom is -0.456 e. The largest absolute Gasteiger partial charge is 0.456 e. The molecule has 30 heavy (non-hydrogen) atoms. The Kier molecular flexibility index (Phi) is 5.39. The summed E-state index contributed by atoms with van der Waals surface area (Å²) in [6, 6.07) is 20.5. The van der Waals surface area contributed by atoms with Crippen LogP contribution in [0.15, 0.2) is 82.5 Å². The van der Waals surface area contributed by atoms with Crippen molar-refractivity contribution in [3.05, 3.63) is 121 Å². The molecular formula is C24H19N3O3. The lowest BCUT2D eigenvalue weighted by molar-refractivity contribution is 0.480. The number of aromatic amines is 2. The van der Waals surface area contributed by atoms with E-state index in [1.807, 2.05) is 61.5 Å². The van der Waals surface area contributed by atoms with Crippen molar-refractivity contribution in [1.29, 1.82) is 0 Å². The van der Waals surface area contributed by atoms with Gasteiger partial charge >= 0.3 is 0 Å². The molecule has 0 spiro atoms. The van der Waals surface area contributed by atoms with E-state index in [1.54, 1.807) is 24.4 Å². The van der Waals surface area contributed by atoms with E-state index in [0.29, 0.717) is 17.2 Å². The second-order valence-electron chi connectivity index (χ2n) is 6.77. The van der Waals surface area contributed by atoms with Crippen molar-refractivity contribution < 1.29 is 4.74 Å². The number of hydrogen-bond acceptors (Lipinski definition) is 4. The maximum Gasteiger partial charge on any atom is 0.272 e. The van der Waals surface area contributed by atoms with Crippen LogP contribution in [0.3, 0.4) is 0 Å². The van der Waals surface area contributed by atoms with Gasteiger partial charge in [0.1, 0.15) is 22.2 Å². The third kappa shape index (κ3) is 4.62. The summed E-state index contributed by atoms with van der Waals surface area (Å²) in [4.78, 5) is 34.3. The minimum atomic E-state index is -0.403. The summed E-state index contributed by atoms with van der Waals surface area (Å²) in [5.41, 5.74) is 1.68. The number of pyridine rings is 1. The SMILES string of the molecule is Cc1ccc(/C=c2/[nH]c(=O)/c(=C\c3ccc(Oc4ccccc4)cn3)[nH]c2=O)cc1. The third-order valence-electron chi connectivity index (χ3n) is 4.40. The fourth-order valence-corrected chi connectivity index (χ4v) is 2.84. The number of H-pyrrole nitrogens is 2. The van der Waals surface area contributed by atoms with E-state index in [1.165, 1.54) is 6.08 Å². The van der Waals surface area contributed by atoms with Crippen LogP contribution >= 0.6 is 0 Å². The second kappa shape index (κ2) is 8.45. The number of aryl methyl sites for hydroxylation is 1. The number of benzene rings is 2. The summed E-state index contributed by atoms with van der Waals surface area (Å²) >= 11 is 0. The molecule has 0 amide bonds. The fraction of sp³-hybridized carbons (Fsp3) is 0.0417. The molecule has 0 aliphatic carbocycles. The summed E-state index contributed by atoms with van der Waals surface area (Å²) in [5, 5.41) is 0.325. The highest BCUT2D eigenvalue weighted by Gasteiger charge is 2.00. The van der Waals surface area contributed by atoms with Crippen LogP contribution in [-0.2, 0) is 0 Å². The Morgan fingerprint density at radius 3 is 2.07 bits per heavy atom. The number of nitrogens with one attached hydrogen (secondary N) is 2. The van der Waals surface area contributed by atoms with Gasteiger partial charge in [0.15, 0.2) is 0 Å². The van der Waals surface area contributed by atoms with E-state index in [-0.39, 0.29) is 16.3 Å². The molecule has 0 aliphatic heterocycles. The summed E-state index contributed by atoms with van der Waals surface area (Å²) in [7, 11) is 0. The van der Waals surface area contributed by atoms with Crippen LogP contribution in [0.4, 0.5) is 0 Å². The van der Waals surface area contributed by atoms with Gasteiger partial charge in [-0.1, -0.05) is 48.0 Å². The average molecular weight is 397 g/mol. The molecule has 2 aromatic heterocycles. The van der Waals surface area contributed by atoms with Gasteiger partial charge in [0.2, 0.25) is 0 Å². The van der Waals surface area contributed by atoms with Crippen molar-refractivity contribution in [3.8, 4) is 11.5 Å². The molecule has 0 radical (unpaired) electrons. The number of para-hydroxylation sites is 1. The number of ether oxygens (including phenoxy) is 1. The van der Waals surface area contributed by atoms with Gasteiger partial charge in [0.25, 0.3) is 11.1 Å². The van der Waals surface area contributed by atoms with Crippen molar-refractivity contribution in [3.63, 3.8) is 0 Å². The molecule has 6 nitrogen and oxygen atoms in total. The van der Waals surface area contributed by atoms with Gasteiger partial charge in [-0.05, 0) is 48.9 Å². The topological polar surface area (TPSA) is 87.8 Å². The van der Waals surface area contributed by atoms with Crippen molar-refractivity contribution in [2.24, 2.45) is 0 Å². The van der Waals surface area contributed by atoms with Gasteiger partial charge in [-0.3, -0.25) is 14.6 Å². The number of rotatable bonds is 4. The zero-order chi connectivity index (χ0) is 20.9. The third-order valence-corrected chi connectivity index (χ3v) is 4.40. The second-order valence-corrected chi connectivity index (χ2v) is 6.77. The summed E-state index contributed by atoms with van der Waals surface area (Å²) in [5.74, 6) is 1.28. The molecule has 4 aromatic rings. The lowest BCUT2D eigenvalue weighted by atomic mass is 10.1. The highest BCUT2D eigenvalue weighted by Crippen LogP contribution is 2.19. The van der Waals surface area contributed by atoms with Crippen molar-refractivity contribution in [2.45, 2.75) is 6.92 Å². The first-order valence-electron chi connectivity index (χ1n) is 9.38. The monoisotopic (exact) mass is 397 g/mol. The van der Waals surface area contributed by atoms with Gasteiger partial charge in [-0.25, -0.2) is 0 Å². The summed E-state index contributed by atoms with van der Waals surface area (Å²) in [6.45, 7) is 1.98. The Labute approximate surface area is 171 Å². The van der Waals surface area contributed by atoms with Gasteiger partial charge in [-0.2, -0.15) is 0 Å². The average Bonchev–Trinajstić information content (AvgIpc) is 2.75. The normalized spacial score (nSPS) is 12.2. The van der Waals surface area contributed by atoms with E-state index < -0.39 is 5.56 Å². The molecular weight excluding hydrogens is 378 g/mol. The van der Waals surface area contributed by atoms with Gasteiger partial charge in [0, 0.05) is 0 Å². The number of nitrogens with zero attached hydrogens (tertiary/aromatic N) is 1. The molecule has 0 atom stereocenters. The van der Waals surface area contributed by atoms with E-state index in [2.05, 4.69) is 15.0 Å². The molecule has 0 saturated carbocycles. The minimum absolute atomic E-state index is 0.130. The summed E-state index contributed by atoms with van der Waals surface area (Å²) in [6.07, 6.45) is 4.71. The first-order chi connectivity index (χ1) is 14.6. The fourth-order valence-electron chi connectivity index (χ4n) is 2.84. The van der Waals surface area contributed by atoms with Crippen molar-refractivity contribution >= 4 is 12.2 Å². The Bertz CT molecular complexity index is 1390. The van der Waals surface area contributed by atoms with Crippen LogP contribution in [-0.4, -0.2) is 15.0 Å². The molecule has 0 bridgehead atoms. The maximum absolute atomic E-state index is 12.4. The van der Waals surface area contributed by atoms with Crippen LogP contribution in [0, 0.1) is 6.92 Å². The molecule has 0 fully saturated rings.